The summed E-state index contributed by atoms with van der Waals surface area (Å²) in [6, 6.07) is 7.24. The van der Waals surface area contributed by atoms with E-state index in [1.807, 2.05) is 16.8 Å². The maximum atomic E-state index is 13.1. The molecule has 1 aromatic carbocycles. The van der Waals surface area contributed by atoms with Gasteiger partial charge in [-0.25, -0.2) is 9.37 Å². The predicted molar refractivity (Wildman–Crippen MR) is 90.8 cm³/mol. The molecule has 3 rings (SSSR count). The molecule has 0 aliphatic heterocycles. The number of carbonyl (C=O) groups excluding carboxylic acids is 2. The van der Waals surface area contributed by atoms with Gasteiger partial charge in [-0.05, 0) is 23.6 Å². The van der Waals surface area contributed by atoms with Crippen molar-refractivity contribution in [1.82, 2.24) is 4.98 Å². The van der Waals surface area contributed by atoms with Gasteiger partial charge in [-0.3, -0.25) is 9.59 Å². The molecule has 0 saturated carbocycles. The van der Waals surface area contributed by atoms with E-state index in [1.54, 1.807) is 16.7 Å². The molecule has 4 nitrogen and oxygen atoms in total. The molecule has 0 N–H and O–H groups in total. The largest absolute Gasteiger partial charge is 0.457 e. The Labute approximate surface area is 145 Å². The van der Waals surface area contributed by atoms with Gasteiger partial charge < -0.3 is 4.74 Å². The number of benzene rings is 1. The first-order chi connectivity index (χ1) is 11.6. The molecule has 2 aromatic heterocycles. The number of rotatable bonds is 6. The molecule has 0 radical (unpaired) electrons. The highest BCUT2D eigenvalue weighted by Gasteiger charge is 2.13. The summed E-state index contributed by atoms with van der Waals surface area (Å²) in [7, 11) is 0. The van der Waals surface area contributed by atoms with Crippen LogP contribution in [0.4, 0.5) is 4.39 Å². The molecule has 0 bridgehead atoms. The van der Waals surface area contributed by atoms with E-state index in [0.29, 0.717) is 5.69 Å². The van der Waals surface area contributed by atoms with Gasteiger partial charge in [-0.15, -0.1) is 11.3 Å². The maximum absolute atomic E-state index is 13.1. The summed E-state index contributed by atoms with van der Waals surface area (Å²) >= 11 is 3.03. The monoisotopic (exact) mass is 361 g/mol. The lowest BCUT2D eigenvalue weighted by Gasteiger charge is -2.03. The van der Waals surface area contributed by atoms with Crippen LogP contribution in [0.5, 0.6) is 0 Å². The van der Waals surface area contributed by atoms with Crippen LogP contribution in [0, 0.1) is 5.82 Å². The van der Waals surface area contributed by atoms with Crippen LogP contribution < -0.4 is 0 Å². The van der Waals surface area contributed by atoms with E-state index in [0.717, 1.165) is 16.6 Å². The van der Waals surface area contributed by atoms with E-state index in [1.165, 1.54) is 29.5 Å². The molecule has 24 heavy (non-hydrogen) atoms. The molecular formula is C17H12FNO3S2. The lowest BCUT2D eigenvalue weighted by Crippen LogP contribution is -2.16. The molecule has 122 valence electrons. The molecule has 0 amide bonds. The van der Waals surface area contributed by atoms with Gasteiger partial charge in [0.15, 0.2) is 12.4 Å². The molecule has 7 heteroatoms. The second kappa shape index (κ2) is 7.46. The number of hydrogen-bond acceptors (Lipinski definition) is 6. The van der Waals surface area contributed by atoms with Crippen LogP contribution in [0.2, 0.25) is 0 Å². The highest BCUT2D eigenvalue weighted by molar-refractivity contribution is 7.14. The first-order valence-corrected chi connectivity index (χ1v) is 8.85. The molecule has 2 heterocycles. The number of ketones is 1. The number of carbonyl (C=O) groups is 2. The average Bonchev–Trinajstić information content (AvgIpc) is 3.23. The van der Waals surface area contributed by atoms with Gasteiger partial charge in [-0.2, -0.15) is 11.3 Å². The number of Topliss-reactive ketones (excluding diaryl/α,β-unsaturated/α-hetero) is 1. The highest BCUT2D eigenvalue weighted by Crippen LogP contribution is 2.25. The quantitative estimate of drug-likeness (QED) is 0.492. The average molecular weight is 361 g/mol. The Kier molecular flexibility index (Phi) is 5.12. The maximum Gasteiger partial charge on any atom is 0.312 e. The van der Waals surface area contributed by atoms with Crippen LogP contribution in [0.1, 0.15) is 16.1 Å². The number of thiophene rings is 1. The fraction of sp³-hybridized carbons (Fsp3) is 0.118. The van der Waals surface area contributed by atoms with Crippen LogP contribution in [0.3, 0.4) is 0 Å². The number of esters is 1. The molecule has 0 unspecified atom stereocenters. The molecule has 0 aliphatic rings. The third-order valence-corrected chi connectivity index (χ3v) is 4.78. The lowest BCUT2D eigenvalue weighted by molar-refractivity contribution is -0.141. The van der Waals surface area contributed by atoms with E-state index in [4.69, 9.17) is 4.74 Å². The van der Waals surface area contributed by atoms with Crippen molar-refractivity contribution < 1.29 is 18.7 Å². The SMILES string of the molecule is O=C(Cc1csc(-c2ccsc2)n1)OCC(=O)c1cccc(F)c1. The highest BCUT2D eigenvalue weighted by atomic mass is 32.1. The molecule has 0 aliphatic carbocycles. The van der Waals surface area contributed by atoms with E-state index >= 15 is 0 Å². The molecule has 0 fully saturated rings. The Balaban J connectivity index is 1.53. The van der Waals surface area contributed by atoms with Gasteiger partial charge >= 0.3 is 5.97 Å². The summed E-state index contributed by atoms with van der Waals surface area (Å²) in [5, 5.41) is 6.58. The molecular weight excluding hydrogens is 349 g/mol. The number of hydrogen-bond donors (Lipinski definition) is 0. The Morgan fingerprint density at radius 3 is 2.83 bits per heavy atom. The molecule has 0 saturated heterocycles. The summed E-state index contributed by atoms with van der Waals surface area (Å²) in [5.74, 6) is -1.49. The normalized spacial score (nSPS) is 10.5. The van der Waals surface area contributed by atoms with Crippen molar-refractivity contribution in [3.8, 4) is 10.6 Å². The van der Waals surface area contributed by atoms with E-state index in [9.17, 15) is 14.0 Å². The van der Waals surface area contributed by atoms with Crippen LogP contribution >= 0.6 is 22.7 Å². The minimum Gasteiger partial charge on any atom is -0.457 e. The van der Waals surface area contributed by atoms with E-state index in [-0.39, 0.29) is 12.0 Å². The van der Waals surface area contributed by atoms with Crippen molar-refractivity contribution in [3.05, 3.63) is 63.5 Å². The minimum atomic E-state index is -0.540. The lowest BCUT2D eigenvalue weighted by atomic mass is 10.1. The van der Waals surface area contributed by atoms with Gasteiger partial charge in [-0.1, -0.05) is 12.1 Å². The summed E-state index contributed by atoms with van der Waals surface area (Å²) in [4.78, 5) is 28.1. The van der Waals surface area contributed by atoms with Crippen LogP contribution in [0.15, 0.2) is 46.5 Å². The van der Waals surface area contributed by atoms with E-state index in [2.05, 4.69) is 4.98 Å². The Bertz CT molecular complexity index is 858. The Morgan fingerprint density at radius 2 is 2.08 bits per heavy atom. The van der Waals surface area contributed by atoms with Crippen LogP contribution in [-0.2, 0) is 16.0 Å². The van der Waals surface area contributed by atoms with Crippen molar-refractivity contribution in [1.29, 1.82) is 0 Å². The van der Waals surface area contributed by atoms with Gasteiger partial charge in [0, 0.05) is 21.9 Å². The van der Waals surface area contributed by atoms with Crippen molar-refractivity contribution in [2.45, 2.75) is 6.42 Å². The van der Waals surface area contributed by atoms with Gasteiger partial charge in [0.05, 0.1) is 12.1 Å². The summed E-state index contributed by atoms with van der Waals surface area (Å²) in [6.07, 6.45) is -0.00291. The van der Waals surface area contributed by atoms with Crippen LogP contribution in [-0.4, -0.2) is 23.3 Å². The number of aromatic nitrogens is 1. The number of nitrogens with zero attached hydrogens (tertiary/aromatic N) is 1. The van der Waals surface area contributed by atoms with E-state index < -0.39 is 24.2 Å². The fourth-order valence-corrected chi connectivity index (χ4v) is 3.53. The predicted octanol–water partition coefficient (Wildman–Crippen LogP) is 3.98. The minimum absolute atomic E-state index is 0.00291. The third kappa shape index (κ3) is 4.12. The Morgan fingerprint density at radius 1 is 1.21 bits per heavy atom. The van der Waals surface area contributed by atoms with Crippen molar-refractivity contribution in [2.24, 2.45) is 0 Å². The smallest absolute Gasteiger partial charge is 0.312 e. The molecule has 3 aromatic rings. The topological polar surface area (TPSA) is 56.3 Å². The van der Waals surface area contributed by atoms with Gasteiger partial charge in [0.1, 0.15) is 10.8 Å². The summed E-state index contributed by atoms with van der Waals surface area (Å²) in [6.45, 7) is -0.413. The molecule has 0 spiro atoms. The number of thiazole rings is 1. The van der Waals surface area contributed by atoms with Gasteiger partial charge in [0.25, 0.3) is 0 Å². The summed E-state index contributed by atoms with van der Waals surface area (Å²) in [5.41, 5.74) is 1.80. The van der Waals surface area contributed by atoms with Gasteiger partial charge in [0.2, 0.25) is 0 Å². The first-order valence-electron chi connectivity index (χ1n) is 7.03. The van der Waals surface area contributed by atoms with Crippen molar-refractivity contribution in [2.75, 3.05) is 6.61 Å². The standard InChI is InChI=1S/C17H12FNO3S2/c18-13-3-1-2-11(6-13)15(20)8-22-16(21)7-14-10-24-17(19-14)12-4-5-23-9-12/h1-6,9-10H,7-8H2. The number of halogens is 1. The second-order valence-electron chi connectivity index (χ2n) is 4.93. The van der Waals surface area contributed by atoms with Crippen molar-refractivity contribution >= 4 is 34.4 Å². The first kappa shape index (κ1) is 16.5. The van der Waals surface area contributed by atoms with Crippen molar-refractivity contribution in [3.63, 3.8) is 0 Å². The zero-order valence-electron chi connectivity index (χ0n) is 12.4. The van der Waals surface area contributed by atoms with Crippen LogP contribution in [0.25, 0.3) is 10.6 Å². The third-order valence-electron chi connectivity index (χ3n) is 3.16. The fourth-order valence-electron chi connectivity index (χ4n) is 2.00. The second-order valence-corrected chi connectivity index (χ2v) is 6.57. The zero-order valence-corrected chi connectivity index (χ0v) is 14.0. The molecule has 0 atom stereocenters. The number of ether oxygens (including phenoxy) is 1. The Hall–Kier alpha value is -2.38. The zero-order chi connectivity index (χ0) is 16.9. The summed E-state index contributed by atoms with van der Waals surface area (Å²) < 4.78 is 18.0.